The summed E-state index contributed by atoms with van der Waals surface area (Å²) in [5, 5.41) is 0. The molecule has 1 atom stereocenters. The Morgan fingerprint density at radius 1 is 1.29 bits per heavy atom. The fourth-order valence-electron chi connectivity index (χ4n) is 1.90. The van der Waals surface area contributed by atoms with E-state index in [0.29, 0.717) is 19.8 Å². The minimum Gasteiger partial charge on any atom is -0.497 e. The topological polar surface area (TPSA) is 48.0 Å². The largest absolute Gasteiger partial charge is 0.497 e. The van der Waals surface area contributed by atoms with Crippen LogP contribution >= 0.6 is 0 Å². The molecule has 116 valence electrons. The van der Waals surface area contributed by atoms with E-state index in [1.165, 1.54) is 4.90 Å². The van der Waals surface area contributed by atoms with Crippen LogP contribution in [0.3, 0.4) is 0 Å². The summed E-state index contributed by atoms with van der Waals surface area (Å²) in [5.41, 5.74) is 0.854. The second-order valence-electron chi connectivity index (χ2n) is 4.22. The Balaban J connectivity index is 3.03. The molecular formula is C16H23NO4. The van der Waals surface area contributed by atoms with Crippen molar-refractivity contribution in [2.45, 2.75) is 20.1 Å². The normalized spacial score (nSPS) is 11.6. The minimum atomic E-state index is -0.516. The predicted molar refractivity (Wildman–Crippen MR) is 81.3 cm³/mol. The maximum Gasteiger partial charge on any atom is 0.412 e. The molecule has 1 aromatic carbocycles. The Labute approximate surface area is 126 Å². The van der Waals surface area contributed by atoms with Gasteiger partial charge in [-0.25, -0.2) is 4.79 Å². The van der Waals surface area contributed by atoms with E-state index in [1.807, 2.05) is 31.2 Å². The zero-order chi connectivity index (χ0) is 15.7. The summed E-state index contributed by atoms with van der Waals surface area (Å²) in [6, 6.07) is 7.40. The first-order chi connectivity index (χ1) is 10.2. The molecule has 0 spiro atoms. The molecule has 21 heavy (non-hydrogen) atoms. The SMILES string of the molecule is C=CCN(C(=O)OCC)C(OCC)c1ccc(OC)cc1. The third kappa shape index (κ3) is 4.79. The summed E-state index contributed by atoms with van der Waals surface area (Å²) in [5.74, 6) is 0.750. The van der Waals surface area contributed by atoms with Gasteiger partial charge in [0.15, 0.2) is 6.23 Å². The molecule has 5 nitrogen and oxygen atoms in total. The van der Waals surface area contributed by atoms with E-state index in [1.54, 1.807) is 20.1 Å². The lowest BCUT2D eigenvalue weighted by Crippen LogP contribution is -2.37. The number of ether oxygens (including phenoxy) is 3. The lowest BCUT2D eigenvalue weighted by Gasteiger charge is -2.30. The minimum absolute atomic E-state index is 0.313. The molecular weight excluding hydrogens is 270 g/mol. The molecule has 0 aliphatic rings. The number of hydrogen-bond donors (Lipinski definition) is 0. The maximum atomic E-state index is 12.1. The van der Waals surface area contributed by atoms with Crippen molar-refractivity contribution in [1.29, 1.82) is 0 Å². The van der Waals surface area contributed by atoms with E-state index in [2.05, 4.69) is 6.58 Å². The van der Waals surface area contributed by atoms with Gasteiger partial charge in [0.25, 0.3) is 0 Å². The summed E-state index contributed by atoms with van der Waals surface area (Å²) in [6.45, 7) is 8.47. The average Bonchev–Trinajstić information content (AvgIpc) is 2.51. The number of benzene rings is 1. The Morgan fingerprint density at radius 2 is 1.95 bits per heavy atom. The Bertz CT molecular complexity index is 444. The quantitative estimate of drug-likeness (QED) is 0.544. The molecule has 0 fully saturated rings. The molecule has 1 amide bonds. The second kappa shape index (κ2) is 9.02. The molecule has 5 heteroatoms. The highest BCUT2D eigenvalue weighted by atomic mass is 16.6. The van der Waals surface area contributed by atoms with Crippen LogP contribution in [0.15, 0.2) is 36.9 Å². The second-order valence-corrected chi connectivity index (χ2v) is 4.22. The fraction of sp³-hybridized carbons (Fsp3) is 0.438. The lowest BCUT2D eigenvalue weighted by molar-refractivity contribution is -0.0464. The smallest absolute Gasteiger partial charge is 0.412 e. The Morgan fingerprint density at radius 3 is 2.43 bits per heavy atom. The maximum absolute atomic E-state index is 12.1. The molecule has 0 heterocycles. The zero-order valence-corrected chi connectivity index (χ0v) is 12.9. The van der Waals surface area contributed by atoms with Crippen molar-refractivity contribution in [3.05, 3.63) is 42.5 Å². The van der Waals surface area contributed by atoms with Crippen LogP contribution in [0.2, 0.25) is 0 Å². The number of nitrogens with zero attached hydrogens (tertiary/aromatic N) is 1. The lowest BCUT2D eigenvalue weighted by atomic mass is 10.1. The Kier molecular flexibility index (Phi) is 7.32. The summed E-state index contributed by atoms with van der Waals surface area (Å²) in [6.07, 6.45) is 0.705. The molecule has 0 aliphatic carbocycles. The first-order valence-corrected chi connectivity index (χ1v) is 6.97. The Hall–Kier alpha value is -2.01. The van der Waals surface area contributed by atoms with Crippen molar-refractivity contribution in [3.63, 3.8) is 0 Å². The van der Waals surface area contributed by atoms with Gasteiger partial charge in [0, 0.05) is 18.7 Å². The summed E-state index contributed by atoms with van der Waals surface area (Å²) < 4.78 is 15.9. The number of carbonyl (C=O) groups excluding carboxylic acids is 1. The molecule has 0 saturated carbocycles. The standard InChI is InChI=1S/C16H23NO4/c1-5-12-17(16(18)21-7-3)15(20-6-2)13-8-10-14(19-4)11-9-13/h5,8-11,15H,1,6-7,12H2,2-4H3. The van der Waals surface area contributed by atoms with E-state index in [-0.39, 0.29) is 0 Å². The number of hydrogen-bond acceptors (Lipinski definition) is 4. The fourth-order valence-corrected chi connectivity index (χ4v) is 1.90. The average molecular weight is 293 g/mol. The van der Waals surface area contributed by atoms with Gasteiger partial charge >= 0.3 is 6.09 Å². The molecule has 0 N–H and O–H groups in total. The third-order valence-corrected chi connectivity index (χ3v) is 2.84. The number of rotatable bonds is 8. The van der Waals surface area contributed by atoms with E-state index in [9.17, 15) is 4.79 Å². The van der Waals surface area contributed by atoms with Crippen molar-refractivity contribution in [1.82, 2.24) is 4.90 Å². The van der Waals surface area contributed by atoms with Gasteiger partial charge in [0.2, 0.25) is 0 Å². The first kappa shape index (κ1) is 17.0. The number of methoxy groups -OCH3 is 1. The molecule has 0 aliphatic heterocycles. The van der Waals surface area contributed by atoms with Crippen LogP contribution in [-0.2, 0) is 9.47 Å². The molecule has 1 rings (SSSR count). The molecule has 0 bridgehead atoms. The van der Waals surface area contributed by atoms with Crippen molar-refractivity contribution in [2.24, 2.45) is 0 Å². The van der Waals surface area contributed by atoms with E-state index >= 15 is 0 Å². The molecule has 0 saturated heterocycles. The van der Waals surface area contributed by atoms with Crippen molar-refractivity contribution < 1.29 is 19.0 Å². The van der Waals surface area contributed by atoms with Crippen LogP contribution < -0.4 is 4.74 Å². The zero-order valence-electron chi connectivity index (χ0n) is 12.9. The van der Waals surface area contributed by atoms with E-state index < -0.39 is 12.3 Å². The van der Waals surface area contributed by atoms with Crippen LogP contribution in [-0.4, -0.2) is 37.9 Å². The van der Waals surface area contributed by atoms with Crippen LogP contribution in [0.1, 0.15) is 25.6 Å². The van der Waals surface area contributed by atoms with Gasteiger partial charge in [-0.2, -0.15) is 0 Å². The van der Waals surface area contributed by atoms with E-state index in [0.717, 1.165) is 11.3 Å². The summed E-state index contributed by atoms with van der Waals surface area (Å²) >= 11 is 0. The first-order valence-electron chi connectivity index (χ1n) is 6.97. The molecule has 0 aromatic heterocycles. The molecule has 0 radical (unpaired) electrons. The highest BCUT2D eigenvalue weighted by molar-refractivity contribution is 5.68. The van der Waals surface area contributed by atoms with Crippen LogP contribution in [0.25, 0.3) is 0 Å². The summed E-state index contributed by atoms with van der Waals surface area (Å²) in [4.78, 5) is 13.6. The van der Waals surface area contributed by atoms with Gasteiger partial charge in [-0.05, 0) is 26.0 Å². The van der Waals surface area contributed by atoms with Gasteiger partial charge in [0.05, 0.1) is 13.7 Å². The predicted octanol–water partition coefficient (Wildman–Crippen LogP) is 3.37. The van der Waals surface area contributed by atoms with Crippen molar-refractivity contribution in [3.8, 4) is 5.75 Å². The number of carbonyl (C=O) groups is 1. The van der Waals surface area contributed by atoms with Crippen LogP contribution in [0.5, 0.6) is 5.75 Å². The summed E-state index contributed by atoms with van der Waals surface area (Å²) in [7, 11) is 1.61. The van der Waals surface area contributed by atoms with Gasteiger partial charge in [0.1, 0.15) is 5.75 Å². The van der Waals surface area contributed by atoms with Gasteiger partial charge in [-0.15, -0.1) is 6.58 Å². The van der Waals surface area contributed by atoms with Gasteiger partial charge in [-0.3, -0.25) is 4.90 Å². The third-order valence-electron chi connectivity index (χ3n) is 2.84. The van der Waals surface area contributed by atoms with Crippen LogP contribution in [0.4, 0.5) is 4.79 Å². The van der Waals surface area contributed by atoms with Crippen molar-refractivity contribution >= 4 is 6.09 Å². The highest BCUT2D eigenvalue weighted by Gasteiger charge is 2.25. The number of amides is 1. The monoisotopic (exact) mass is 293 g/mol. The highest BCUT2D eigenvalue weighted by Crippen LogP contribution is 2.25. The van der Waals surface area contributed by atoms with Gasteiger partial charge < -0.3 is 14.2 Å². The molecule has 1 aromatic rings. The van der Waals surface area contributed by atoms with Gasteiger partial charge in [-0.1, -0.05) is 18.2 Å². The van der Waals surface area contributed by atoms with Crippen molar-refractivity contribution in [2.75, 3.05) is 26.9 Å². The van der Waals surface area contributed by atoms with E-state index in [4.69, 9.17) is 14.2 Å². The molecule has 1 unspecified atom stereocenters. The van der Waals surface area contributed by atoms with Crippen LogP contribution in [0, 0.1) is 0 Å².